The van der Waals surface area contributed by atoms with Gasteiger partial charge in [-0.2, -0.15) is 13.2 Å². The molecule has 4 N–H and O–H groups in total. The van der Waals surface area contributed by atoms with E-state index in [2.05, 4.69) is 0 Å². The highest BCUT2D eigenvalue weighted by atomic mass is 19.4. The topological polar surface area (TPSA) is 85.9 Å². The van der Waals surface area contributed by atoms with Crippen LogP contribution in [0.3, 0.4) is 0 Å². The minimum atomic E-state index is -5.03. The summed E-state index contributed by atoms with van der Waals surface area (Å²) in [5.74, 6) is 0. The lowest BCUT2D eigenvalue weighted by Gasteiger charge is -2.31. The lowest BCUT2D eigenvalue weighted by Crippen LogP contribution is -2.86. The fraction of sp³-hybridized carbons (Fsp3) is 0.304. The largest absolute Gasteiger partial charge is 0.425 e. The van der Waals surface area contributed by atoms with E-state index in [1.807, 2.05) is 13.8 Å². The fourth-order valence-corrected chi connectivity index (χ4v) is 3.65. The molecule has 6 nitrogen and oxygen atoms in total. The van der Waals surface area contributed by atoms with Crippen LogP contribution in [0.15, 0.2) is 48.7 Å². The van der Waals surface area contributed by atoms with Crippen LogP contribution >= 0.6 is 0 Å². The number of urea groups is 1. The molecular formula is C23H26F3N4O2+. The van der Waals surface area contributed by atoms with Crippen molar-refractivity contribution in [3.8, 4) is 0 Å². The smallest absolute Gasteiger partial charge is 0.372 e. The SMILES string of the molecule is CC(C)N(C)C(=O)[NH2+]c1ccc(C(O)(c2cn(C)c3ccccc23)C(F)(F)F)cc1C=N. The molecule has 0 aliphatic carbocycles. The molecule has 3 rings (SSSR count). The van der Waals surface area contributed by atoms with Gasteiger partial charge in [0.2, 0.25) is 5.60 Å². The first-order chi connectivity index (χ1) is 14.9. The zero-order valence-corrected chi connectivity index (χ0v) is 18.2. The summed E-state index contributed by atoms with van der Waals surface area (Å²) >= 11 is 0. The van der Waals surface area contributed by atoms with Crippen LogP contribution in [0.25, 0.3) is 10.9 Å². The highest BCUT2D eigenvalue weighted by molar-refractivity contribution is 5.87. The zero-order chi connectivity index (χ0) is 23.8. The number of primary amides is 1. The first-order valence-corrected chi connectivity index (χ1v) is 10.0. The molecule has 2 aromatic carbocycles. The molecule has 2 amide bonds. The molecule has 0 aliphatic heterocycles. The number of amides is 2. The Balaban J connectivity index is 2.15. The number of halogens is 3. The number of aromatic nitrogens is 1. The number of para-hydroxylation sites is 1. The third-order valence-electron chi connectivity index (χ3n) is 5.76. The highest BCUT2D eigenvalue weighted by Gasteiger charge is 2.57. The third kappa shape index (κ3) is 3.89. The molecule has 0 bridgehead atoms. The van der Waals surface area contributed by atoms with Gasteiger partial charge >= 0.3 is 12.2 Å². The Hall–Kier alpha value is -3.17. The molecule has 32 heavy (non-hydrogen) atoms. The second-order valence-electron chi connectivity index (χ2n) is 8.05. The Bertz CT molecular complexity index is 1170. The first-order valence-electron chi connectivity index (χ1n) is 10.0. The van der Waals surface area contributed by atoms with Gasteiger partial charge in [0.05, 0.1) is 5.56 Å². The van der Waals surface area contributed by atoms with Crippen molar-refractivity contribution in [2.24, 2.45) is 7.05 Å². The van der Waals surface area contributed by atoms with Gasteiger partial charge in [0.15, 0.2) is 0 Å². The normalized spacial score (nSPS) is 13.9. The van der Waals surface area contributed by atoms with Gasteiger partial charge in [0, 0.05) is 55.1 Å². The number of fused-ring (bicyclic) bond motifs is 1. The summed E-state index contributed by atoms with van der Waals surface area (Å²) in [5, 5.41) is 20.4. The first kappa shape index (κ1) is 23.5. The number of nitrogens with zero attached hydrogens (tertiary/aromatic N) is 2. The van der Waals surface area contributed by atoms with Gasteiger partial charge in [0.1, 0.15) is 5.69 Å². The molecule has 0 aliphatic rings. The molecule has 1 atom stereocenters. The average molecular weight is 447 g/mol. The van der Waals surface area contributed by atoms with Gasteiger partial charge in [-0.25, -0.2) is 10.1 Å². The van der Waals surface area contributed by atoms with Crippen LogP contribution in [0.5, 0.6) is 0 Å². The van der Waals surface area contributed by atoms with Crippen LogP contribution in [-0.2, 0) is 12.6 Å². The number of carbonyl (C=O) groups is 1. The van der Waals surface area contributed by atoms with Crippen molar-refractivity contribution in [1.82, 2.24) is 9.47 Å². The molecule has 9 heteroatoms. The summed E-state index contributed by atoms with van der Waals surface area (Å²) in [7, 11) is 3.23. The van der Waals surface area contributed by atoms with Crippen molar-refractivity contribution in [2.45, 2.75) is 31.7 Å². The molecule has 0 saturated carbocycles. The number of aliphatic hydroxyl groups is 1. The van der Waals surface area contributed by atoms with E-state index in [9.17, 15) is 23.1 Å². The summed E-state index contributed by atoms with van der Waals surface area (Å²) in [6.07, 6.45) is -2.89. The Morgan fingerprint density at radius 2 is 1.88 bits per heavy atom. The van der Waals surface area contributed by atoms with Crippen LogP contribution in [0, 0.1) is 5.41 Å². The minimum Gasteiger partial charge on any atom is -0.372 e. The predicted octanol–water partition coefficient (Wildman–Crippen LogP) is 3.63. The highest BCUT2D eigenvalue weighted by Crippen LogP contribution is 2.47. The van der Waals surface area contributed by atoms with E-state index >= 15 is 0 Å². The van der Waals surface area contributed by atoms with Crippen molar-refractivity contribution < 1.29 is 28.4 Å². The van der Waals surface area contributed by atoms with Crippen molar-refractivity contribution in [2.75, 3.05) is 7.05 Å². The number of benzene rings is 2. The monoisotopic (exact) mass is 447 g/mol. The quantitative estimate of drug-likeness (QED) is 0.412. The molecule has 0 fully saturated rings. The average Bonchev–Trinajstić information content (AvgIpc) is 3.09. The van der Waals surface area contributed by atoms with Gasteiger partial charge in [-0.3, -0.25) is 4.90 Å². The zero-order valence-electron chi connectivity index (χ0n) is 18.2. The summed E-state index contributed by atoms with van der Waals surface area (Å²) in [4.78, 5) is 13.9. The Morgan fingerprint density at radius 3 is 2.47 bits per heavy atom. The van der Waals surface area contributed by atoms with Crippen LogP contribution in [0.1, 0.15) is 30.5 Å². The van der Waals surface area contributed by atoms with Gasteiger partial charge in [-0.1, -0.05) is 18.2 Å². The minimum absolute atomic E-state index is 0.0665. The lowest BCUT2D eigenvalue weighted by molar-refractivity contribution is -0.473. The maximum absolute atomic E-state index is 14.4. The van der Waals surface area contributed by atoms with E-state index < -0.39 is 17.3 Å². The van der Waals surface area contributed by atoms with Gasteiger partial charge < -0.3 is 15.1 Å². The number of quaternary nitrogens is 1. The van der Waals surface area contributed by atoms with E-state index in [0.29, 0.717) is 11.2 Å². The standard InChI is InChI=1S/C23H25F3N4O2/c1-14(2)30(4)21(31)28-19-10-9-16(11-15(19)12-27)22(32,23(24,25)26)18-13-29(3)20-8-6-5-7-17(18)20/h5-14,27,32H,1-4H3,(H,28,31)/p+1. The number of aryl methyl sites for hydroxylation is 1. The molecule has 3 aromatic rings. The number of hydrogen-bond acceptors (Lipinski definition) is 3. The molecule has 0 spiro atoms. The van der Waals surface area contributed by atoms with Gasteiger partial charge in [-0.05, 0) is 37.6 Å². The number of alkyl halides is 3. The molecule has 1 unspecified atom stereocenters. The molecule has 0 saturated heterocycles. The van der Waals surface area contributed by atoms with E-state index in [1.54, 1.807) is 32.3 Å². The number of carbonyl (C=O) groups excluding carboxylic acids is 1. The summed E-state index contributed by atoms with van der Waals surface area (Å²) in [6.45, 7) is 3.67. The van der Waals surface area contributed by atoms with Crippen molar-refractivity contribution in [3.05, 3.63) is 65.4 Å². The molecule has 1 aromatic heterocycles. The number of nitrogens with one attached hydrogen (secondary N) is 1. The maximum atomic E-state index is 14.4. The Kier molecular flexibility index (Phi) is 6.17. The van der Waals surface area contributed by atoms with Crippen LogP contribution in [-0.4, -0.2) is 46.1 Å². The Labute approximate surface area is 183 Å². The number of hydrogen-bond donors (Lipinski definition) is 3. The molecular weight excluding hydrogens is 421 g/mol. The molecule has 0 radical (unpaired) electrons. The van der Waals surface area contributed by atoms with Crippen LogP contribution < -0.4 is 5.32 Å². The lowest BCUT2D eigenvalue weighted by atomic mass is 9.84. The second kappa shape index (κ2) is 8.40. The van der Waals surface area contributed by atoms with Crippen molar-refractivity contribution in [1.29, 1.82) is 5.41 Å². The maximum Gasteiger partial charge on any atom is 0.425 e. The number of nitrogens with two attached hydrogens (primary N) is 1. The fourth-order valence-electron chi connectivity index (χ4n) is 3.65. The van der Waals surface area contributed by atoms with E-state index in [4.69, 9.17) is 5.41 Å². The third-order valence-corrected chi connectivity index (χ3v) is 5.76. The van der Waals surface area contributed by atoms with Crippen LogP contribution in [0.4, 0.5) is 23.7 Å². The summed E-state index contributed by atoms with van der Waals surface area (Å²) in [6, 6.07) is 9.70. The predicted molar refractivity (Wildman–Crippen MR) is 116 cm³/mol. The molecule has 170 valence electrons. The van der Waals surface area contributed by atoms with Gasteiger partial charge in [-0.15, -0.1) is 0 Å². The Morgan fingerprint density at radius 1 is 1.22 bits per heavy atom. The van der Waals surface area contributed by atoms with Crippen LogP contribution in [0.2, 0.25) is 0 Å². The van der Waals surface area contributed by atoms with E-state index in [1.165, 1.54) is 33.1 Å². The van der Waals surface area contributed by atoms with E-state index in [0.717, 1.165) is 18.3 Å². The summed E-state index contributed by atoms with van der Waals surface area (Å²) in [5.41, 5.74) is -3.10. The second-order valence-corrected chi connectivity index (χ2v) is 8.05. The van der Waals surface area contributed by atoms with Gasteiger partial charge in [0.25, 0.3) is 0 Å². The molecule has 1 heterocycles. The van der Waals surface area contributed by atoms with Crippen molar-refractivity contribution in [3.63, 3.8) is 0 Å². The van der Waals surface area contributed by atoms with E-state index in [-0.39, 0.29) is 28.6 Å². The summed E-state index contributed by atoms with van der Waals surface area (Å²) < 4.78 is 44.6. The van der Waals surface area contributed by atoms with Crippen molar-refractivity contribution >= 4 is 28.8 Å². The number of rotatable bonds is 5.